The molecule has 0 N–H and O–H groups in total. The standard InChI is InChI=1S/C28H20N4O3S/c1-19-27(26(33)16-15-20-9-8-14-23(17-20)32(34)35)36-28(29-19)31-25(22-12-6-3-7-13-22)18-24(30-31)21-10-4-2-5-11-21/h2-18H,1H3/b16-15+. The van der Waals surface area contributed by atoms with Gasteiger partial charge in [0.1, 0.15) is 0 Å². The van der Waals surface area contributed by atoms with Crippen LogP contribution in [0.5, 0.6) is 0 Å². The van der Waals surface area contributed by atoms with E-state index < -0.39 is 4.92 Å². The Kier molecular flexibility index (Phi) is 6.34. The average molecular weight is 493 g/mol. The summed E-state index contributed by atoms with van der Waals surface area (Å²) in [6, 6.07) is 28.0. The summed E-state index contributed by atoms with van der Waals surface area (Å²) < 4.78 is 1.77. The lowest BCUT2D eigenvalue weighted by Gasteiger charge is -2.03. The largest absolute Gasteiger partial charge is 0.288 e. The van der Waals surface area contributed by atoms with Gasteiger partial charge in [-0.1, -0.05) is 90.2 Å². The Hall–Kier alpha value is -4.69. The van der Waals surface area contributed by atoms with Gasteiger partial charge in [-0.2, -0.15) is 5.10 Å². The predicted octanol–water partition coefficient (Wildman–Crippen LogP) is 6.78. The Bertz CT molecular complexity index is 1590. The van der Waals surface area contributed by atoms with Crippen molar-refractivity contribution in [1.29, 1.82) is 0 Å². The summed E-state index contributed by atoms with van der Waals surface area (Å²) in [6.45, 7) is 1.79. The molecule has 8 heteroatoms. The van der Waals surface area contributed by atoms with Crippen molar-refractivity contribution in [2.24, 2.45) is 0 Å². The van der Waals surface area contributed by atoms with Crippen molar-refractivity contribution in [2.75, 3.05) is 0 Å². The summed E-state index contributed by atoms with van der Waals surface area (Å²) in [5, 5.41) is 16.4. The number of allylic oxidation sites excluding steroid dienone is 1. The highest BCUT2D eigenvalue weighted by molar-refractivity contribution is 7.16. The van der Waals surface area contributed by atoms with E-state index in [0.29, 0.717) is 21.3 Å². The molecule has 7 nitrogen and oxygen atoms in total. The number of aryl methyl sites for hydroxylation is 1. The van der Waals surface area contributed by atoms with Crippen molar-refractivity contribution in [3.63, 3.8) is 0 Å². The first kappa shape index (κ1) is 23.1. The Morgan fingerprint density at radius 3 is 2.33 bits per heavy atom. The fraction of sp³-hybridized carbons (Fsp3) is 0.0357. The number of hydrogen-bond acceptors (Lipinski definition) is 6. The second-order valence-corrected chi connectivity index (χ2v) is 9.00. The van der Waals surface area contributed by atoms with Gasteiger partial charge in [0.25, 0.3) is 5.69 Å². The van der Waals surface area contributed by atoms with E-state index in [-0.39, 0.29) is 11.5 Å². The summed E-state index contributed by atoms with van der Waals surface area (Å²) in [5.41, 5.74) is 4.79. The van der Waals surface area contributed by atoms with Crippen LogP contribution < -0.4 is 0 Å². The van der Waals surface area contributed by atoms with Crippen molar-refractivity contribution in [2.45, 2.75) is 6.92 Å². The number of carbonyl (C=O) groups excluding carboxylic acids is 1. The number of aromatic nitrogens is 3. The minimum atomic E-state index is -0.461. The smallest absolute Gasteiger partial charge is 0.270 e. The van der Waals surface area contributed by atoms with Gasteiger partial charge in [0.2, 0.25) is 5.13 Å². The van der Waals surface area contributed by atoms with Crippen molar-refractivity contribution in [1.82, 2.24) is 14.8 Å². The highest BCUT2D eigenvalue weighted by Crippen LogP contribution is 2.31. The molecule has 2 heterocycles. The molecular formula is C28H20N4O3S. The zero-order valence-corrected chi connectivity index (χ0v) is 20.1. The Labute approximate surface area is 211 Å². The normalized spacial score (nSPS) is 11.1. The molecular weight excluding hydrogens is 472 g/mol. The number of nitro groups is 1. The molecule has 5 aromatic rings. The van der Waals surface area contributed by atoms with E-state index in [0.717, 1.165) is 22.5 Å². The van der Waals surface area contributed by atoms with Gasteiger partial charge in [0.05, 0.1) is 26.9 Å². The van der Waals surface area contributed by atoms with Gasteiger partial charge in [-0.3, -0.25) is 14.9 Å². The lowest BCUT2D eigenvalue weighted by molar-refractivity contribution is -0.384. The van der Waals surface area contributed by atoms with Crippen LogP contribution >= 0.6 is 11.3 Å². The number of nitro benzene ring substituents is 1. The summed E-state index contributed by atoms with van der Waals surface area (Å²) in [4.78, 5) is 28.7. The minimum absolute atomic E-state index is 0.0257. The first-order valence-corrected chi connectivity index (χ1v) is 12.0. The molecule has 0 aliphatic carbocycles. The maximum absolute atomic E-state index is 13.0. The fourth-order valence-electron chi connectivity index (χ4n) is 3.78. The van der Waals surface area contributed by atoms with Crippen LogP contribution in [0.4, 0.5) is 5.69 Å². The molecule has 0 unspecified atom stereocenters. The van der Waals surface area contributed by atoms with Crippen LogP contribution in [-0.2, 0) is 0 Å². The maximum Gasteiger partial charge on any atom is 0.270 e. The van der Waals surface area contributed by atoms with E-state index >= 15 is 0 Å². The van der Waals surface area contributed by atoms with Gasteiger partial charge in [-0.05, 0) is 24.6 Å². The van der Waals surface area contributed by atoms with Gasteiger partial charge < -0.3 is 0 Å². The molecule has 0 fully saturated rings. The van der Waals surface area contributed by atoms with E-state index in [9.17, 15) is 14.9 Å². The number of rotatable bonds is 7. The molecule has 0 spiro atoms. The molecule has 0 amide bonds. The van der Waals surface area contributed by atoms with Crippen molar-refractivity contribution in [3.05, 3.63) is 123 Å². The number of benzene rings is 3. The van der Waals surface area contributed by atoms with E-state index in [1.54, 1.807) is 29.8 Å². The topological polar surface area (TPSA) is 90.9 Å². The van der Waals surface area contributed by atoms with Crippen LogP contribution in [0.15, 0.2) is 97.1 Å². The zero-order chi connectivity index (χ0) is 25.1. The Morgan fingerprint density at radius 1 is 0.944 bits per heavy atom. The summed E-state index contributed by atoms with van der Waals surface area (Å²) >= 11 is 1.26. The lowest BCUT2D eigenvalue weighted by atomic mass is 10.1. The molecule has 0 radical (unpaired) electrons. The Balaban J connectivity index is 1.51. The third-order valence-electron chi connectivity index (χ3n) is 5.55. The monoisotopic (exact) mass is 492 g/mol. The van der Waals surface area contributed by atoms with E-state index in [1.165, 1.54) is 29.5 Å². The quantitative estimate of drug-likeness (QED) is 0.108. The fourth-order valence-corrected chi connectivity index (χ4v) is 4.74. The minimum Gasteiger partial charge on any atom is -0.288 e. The molecule has 0 atom stereocenters. The Morgan fingerprint density at radius 2 is 1.64 bits per heavy atom. The molecule has 176 valence electrons. The van der Waals surface area contributed by atoms with Gasteiger partial charge in [-0.25, -0.2) is 9.67 Å². The molecule has 3 aromatic carbocycles. The zero-order valence-electron chi connectivity index (χ0n) is 19.2. The molecule has 0 saturated carbocycles. The van der Waals surface area contributed by atoms with Crippen LogP contribution in [-0.4, -0.2) is 25.5 Å². The second-order valence-electron chi connectivity index (χ2n) is 8.02. The SMILES string of the molecule is Cc1nc(-n2nc(-c3ccccc3)cc2-c2ccccc2)sc1C(=O)/C=C/c1cccc([N+](=O)[O-])c1. The molecule has 0 bridgehead atoms. The number of hydrogen-bond donors (Lipinski definition) is 0. The van der Waals surface area contributed by atoms with E-state index in [2.05, 4.69) is 4.98 Å². The molecule has 0 aliphatic rings. The van der Waals surface area contributed by atoms with Crippen LogP contribution in [0.25, 0.3) is 33.7 Å². The second kappa shape index (κ2) is 9.89. The molecule has 5 rings (SSSR count). The first-order valence-electron chi connectivity index (χ1n) is 11.1. The van der Waals surface area contributed by atoms with Crippen LogP contribution in [0.1, 0.15) is 20.9 Å². The van der Waals surface area contributed by atoms with Crippen molar-refractivity contribution >= 4 is 28.9 Å². The van der Waals surface area contributed by atoms with Crippen LogP contribution in [0.2, 0.25) is 0 Å². The summed E-state index contributed by atoms with van der Waals surface area (Å²) in [6.07, 6.45) is 2.99. The summed E-state index contributed by atoms with van der Waals surface area (Å²) in [5.74, 6) is -0.223. The number of nitrogens with zero attached hydrogens (tertiary/aromatic N) is 4. The molecule has 0 aliphatic heterocycles. The predicted molar refractivity (Wildman–Crippen MR) is 141 cm³/mol. The van der Waals surface area contributed by atoms with Gasteiger partial charge >= 0.3 is 0 Å². The number of ketones is 1. The van der Waals surface area contributed by atoms with Crippen LogP contribution in [0.3, 0.4) is 0 Å². The third-order valence-corrected chi connectivity index (χ3v) is 6.69. The molecule has 36 heavy (non-hydrogen) atoms. The van der Waals surface area contributed by atoms with Crippen LogP contribution in [0, 0.1) is 17.0 Å². The number of thiazole rings is 1. The summed E-state index contributed by atoms with van der Waals surface area (Å²) in [7, 11) is 0. The van der Waals surface area contributed by atoms with E-state index in [1.807, 2.05) is 66.7 Å². The first-order chi connectivity index (χ1) is 17.5. The molecule has 2 aromatic heterocycles. The van der Waals surface area contributed by atoms with Gasteiger partial charge in [-0.15, -0.1) is 0 Å². The van der Waals surface area contributed by atoms with E-state index in [4.69, 9.17) is 5.10 Å². The highest BCUT2D eigenvalue weighted by atomic mass is 32.1. The maximum atomic E-state index is 13.0. The van der Waals surface area contributed by atoms with Crippen molar-refractivity contribution in [3.8, 4) is 27.6 Å². The number of carbonyl (C=O) groups is 1. The van der Waals surface area contributed by atoms with Crippen molar-refractivity contribution < 1.29 is 9.72 Å². The highest BCUT2D eigenvalue weighted by Gasteiger charge is 2.19. The molecule has 0 saturated heterocycles. The number of non-ortho nitro benzene ring substituents is 1. The third kappa shape index (κ3) is 4.75. The average Bonchev–Trinajstić information content (AvgIpc) is 3.52. The lowest BCUT2D eigenvalue weighted by Crippen LogP contribution is -1.98. The van der Waals surface area contributed by atoms with Gasteiger partial charge in [0, 0.05) is 23.3 Å². The van der Waals surface area contributed by atoms with Gasteiger partial charge in [0.15, 0.2) is 5.78 Å².